The van der Waals surface area contributed by atoms with E-state index in [0.717, 1.165) is 13.1 Å². The van der Waals surface area contributed by atoms with Gasteiger partial charge in [-0.05, 0) is 26.2 Å². The number of ether oxygens (including phenoxy) is 1. The first-order chi connectivity index (χ1) is 10.1. The second kappa shape index (κ2) is 6.28. The van der Waals surface area contributed by atoms with Crippen molar-refractivity contribution in [2.75, 3.05) is 13.1 Å². The largest absolute Gasteiger partial charge is 0.422 e. The highest BCUT2D eigenvalue weighted by molar-refractivity contribution is 5.06. The van der Waals surface area contributed by atoms with Crippen LogP contribution in [-0.2, 0) is 11.3 Å². The van der Waals surface area contributed by atoms with E-state index in [9.17, 15) is 0 Å². The van der Waals surface area contributed by atoms with E-state index in [1.54, 1.807) is 0 Å². The molecule has 1 unspecified atom stereocenters. The number of hydrogen-bond acceptors (Lipinski definition) is 5. The molecule has 0 aromatic carbocycles. The highest BCUT2D eigenvalue weighted by atomic mass is 16.5. The Kier molecular flexibility index (Phi) is 4.40. The zero-order valence-electron chi connectivity index (χ0n) is 13.2. The van der Waals surface area contributed by atoms with Gasteiger partial charge in [-0.3, -0.25) is 4.90 Å². The van der Waals surface area contributed by atoms with Crippen LogP contribution in [-0.4, -0.2) is 40.3 Å². The molecule has 1 aromatic rings. The average Bonchev–Trinajstić information content (AvgIpc) is 2.88. The molecule has 1 saturated heterocycles. The van der Waals surface area contributed by atoms with Crippen LogP contribution in [0.1, 0.15) is 57.7 Å². The van der Waals surface area contributed by atoms with Crippen LogP contribution >= 0.6 is 0 Å². The van der Waals surface area contributed by atoms with Crippen molar-refractivity contribution < 1.29 is 9.15 Å². The molecule has 1 aliphatic heterocycles. The average molecular weight is 291 g/mol. The number of aromatic nitrogens is 2. The summed E-state index contributed by atoms with van der Waals surface area (Å²) in [7, 11) is 0. The first-order valence-electron chi connectivity index (χ1n) is 7.95. The number of hydrogen-bond donors (Lipinski definition) is 0. The maximum Gasteiger partial charge on any atom is 0.242 e. The summed E-state index contributed by atoms with van der Waals surface area (Å²) in [6.07, 6.45) is 6.42. The maximum atomic E-state index is 5.85. The summed E-state index contributed by atoms with van der Waals surface area (Å²) in [5.41, 5.74) is 1.54. The van der Waals surface area contributed by atoms with E-state index in [1.165, 1.54) is 24.8 Å². The zero-order chi connectivity index (χ0) is 14.8. The van der Waals surface area contributed by atoms with Gasteiger partial charge >= 0.3 is 0 Å². The van der Waals surface area contributed by atoms with Crippen molar-refractivity contribution in [1.29, 1.82) is 0 Å². The van der Waals surface area contributed by atoms with Crippen LogP contribution < -0.4 is 0 Å². The van der Waals surface area contributed by atoms with E-state index in [0.29, 0.717) is 30.5 Å². The molecule has 2 aliphatic rings. The minimum atomic E-state index is 0.272. The molecular weight excluding hydrogens is 266 g/mol. The van der Waals surface area contributed by atoms with Gasteiger partial charge in [0.1, 0.15) is 6.61 Å². The van der Waals surface area contributed by atoms with Gasteiger partial charge in [0.15, 0.2) is 0 Å². The summed E-state index contributed by atoms with van der Waals surface area (Å²) in [4.78, 5) is 2.53. The standard InChI is InChI=1S/C16H25N3O2/c1-11(2)16-18-17-15(21-16)10-20-14-8-19(9-14)13-6-4-12(3)5-7-13/h4,11,13-14H,5-10H2,1-3H3. The van der Waals surface area contributed by atoms with E-state index in [2.05, 4.69) is 28.1 Å². The summed E-state index contributed by atoms with van der Waals surface area (Å²) in [5, 5.41) is 8.04. The minimum absolute atomic E-state index is 0.272. The van der Waals surface area contributed by atoms with Gasteiger partial charge in [0.25, 0.3) is 0 Å². The summed E-state index contributed by atoms with van der Waals surface area (Å²) in [6, 6.07) is 0.712. The van der Waals surface area contributed by atoms with Crippen molar-refractivity contribution in [2.45, 2.75) is 64.7 Å². The summed E-state index contributed by atoms with van der Waals surface area (Å²) in [5.74, 6) is 1.55. The molecule has 0 bridgehead atoms. The van der Waals surface area contributed by atoms with E-state index in [1.807, 2.05) is 13.8 Å². The molecule has 1 aliphatic carbocycles. The highest BCUT2D eigenvalue weighted by Gasteiger charge is 2.33. The van der Waals surface area contributed by atoms with Crippen LogP contribution in [0.5, 0.6) is 0 Å². The Labute approximate surface area is 126 Å². The van der Waals surface area contributed by atoms with Crippen molar-refractivity contribution in [3.05, 3.63) is 23.4 Å². The van der Waals surface area contributed by atoms with E-state index in [-0.39, 0.29) is 5.92 Å². The molecule has 5 nitrogen and oxygen atoms in total. The monoisotopic (exact) mass is 291 g/mol. The molecule has 0 amide bonds. The number of allylic oxidation sites excluding steroid dienone is 1. The van der Waals surface area contributed by atoms with Gasteiger partial charge in [0.2, 0.25) is 11.8 Å². The third kappa shape index (κ3) is 3.52. The molecule has 0 N–H and O–H groups in total. The lowest BCUT2D eigenvalue weighted by molar-refractivity contribution is -0.0851. The van der Waals surface area contributed by atoms with Gasteiger partial charge in [0, 0.05) is 25.0 Å². The van der Waals surface area contributed by atoms with E-state index in [4.69, 9.17) is 9.15 Å². The second-order valence-electron chi connectivity index (χ2n) is 6.55. The Morgan fingerprint density at radius 3 is 2.81 bits per heavy atom. The number of likely N-dealkylation sites (tertiary alicyclic amines) is 1. The molecular formula is C16H25N3O2. The molecule has 3 rings (SSSR count). The Morgan fingerprint density at radius 2 is 2.19 bits per heavy atom. The van der Waals surface area contributed by atoms with Crippen LogP contribution in [0.15, 0.2) is 16.1 Å². The molecule has 1 aromatic heterocycles. The summed E-state index contributed by atoms with van der Waals surface area (Å²) >= 11 is 0. The van der Waals surface area contributed by atoms with Crippen LogP contribution in [0.2, 0.25) is 0 Å². The Morgan fingerprint density at radius 1 is 1.38 bits per heavy atom. The lowest BCUT2D eigenvalue weighted by atomic mass is 9.92. The second-order valence-corrected chi connectivity index (χ2v) is 6.55. The smallest absolute Gasteiger partial charge is 0.242 e. The Bertz CT molecular complexity index is 503. The third-order valence-electron chi connectivity index (χ3n) is 4.42. The first-order valence-corrected chi connectivity index (χ1v) is 7.95. The summed E-state index contributed by atoms with van der Waals surface area (Å²) in [6.45, 7) is 8.81. The fourth-order valence-electron chi connectivity index (χ4n) is 2.90. The van der Waals surface area contributed by atoms with Crippen LogP contribution in [0.4, 0.5) is 0 Å². The van der Waals surface area contributed by atoms with E-state index < -0.39 is 0 Å². The van der Waals surface area contributed by atoms with Gasteiger partial charge in [-0.2, -0.15) is 0 Å². The summed E-state index contributed by atoms with van der Waals surface area (Å²) < 4.78 is 11.4. The van der Waals surface area contributed by atoms with Gasteiger partial charge in [-0.15, -0.1) is 10.2 Å². The molecule has 1 fully saturated rings. The lowest BCUT2D eigenvalue weighted by Gasteiger charge is -2.44. The quantitative estimate of drug-likeness (QED) is 0.781. The topological polar surface area (TPSA) is 51.4 Å². The fourth-order valence-corrected chi connectivity index (χ4v) is 2.90. The molecule has 0 saturated carbocycles. The van der Waals surface area contributed by atoms with Crippen LogP contribution in [0, 0.1) is 0 Å². The number of rotatable bonds is 5. The molecule has 1 atom stereocenters. The van der Waals surface area contributed by atoms with Gasteiger partial charge in [-0.1, -0.05) is 25.5 Å². The minimum Gasteiger partial charge on any atom is -0.422 e. The third-order valence-corrected chi connectivity index (χ3v) is 4.42. The van der Waals surface area contributed by atoms with Crippen molar-refractivity contribution in [3.8, 4) is 0 Å². The SMILES string of the molecule is CC1=CCC(N2CC(OCc3nnc(C(C)C)o3)C2)CC1. The highest BCUT2D eigenvalue weighted by Crippen LogP contribution is 2.27. The van der Waals surface area contributed by atoms with Crippen LogP contribution in [0.3, 0.4) is 0 Å². The van der Waals surface area contributed by atoms with Gasteiger partial charge in [-0.25, -0.2) is 0 Å². The molecule has 21 heavy (non-hydrogen) atoms. The molecule has 2 heterocycles. The molecule has 5 heteroatoms. The first kappa shape index (κ1) is 14.7. The number of nitrogens with zero attached hydrogens (tertiary/aromatic N) is 3. The zero-order valence-corrected chi connectivity index (χ0v) is 13.2. The predicted octanol–water partition coefficient (Wildman–Crippen LogP) is 2.89. The van der Waals surface area contributed by atoms with Gasteiger partial charge < -0.3 is 9.15 Å². The lowest BCUT2D eigenvalue weighted by Crippen LogP contribution is -2.56. The Balaban J connectivity index is 1.39. The maximum absolute atomic E-state index is 5.85. The van der Waals surface area contributed by atoms with E-state index >= 15 is 0 Å². The predicted molar refractivity (Wildman–Crippen MR) is 79.9 cm³/mol. The van der Waals surface area contributed by atoms with Crippen LogP contribution in [0.25, 0.3) is 0 Å². The molecule has 0 radical (unpaired) electrons. The van der Waals surface area contributed by atoms with Crippen molar-refractivity contribution in [2.24, 2.45) is 0 Å². The van der Waals surface area contributed by atoms with Crippen molar-refractivity contribution in [1.82, 2.24) is 15.1 Å². The Hall–Kier alpha value is -1.20. The molecule has 0 spiro atoms. The van der Waals surface area contributed by atoms with Crippen molar-refractivity contribution in [3.63, 3.8) is 0 Å². The normalized spacial score (nSPS) is 24.2. The van der Waals surface area contributed by atoms with Crippen molar-refractivity contribution >= 4 is 0 Å². The fraction of sp³-hybridized carbons (Fsp3) is 0.750. The van der Waals surface area contributed by atoms with Gasteiger partial charge in [0.05, 0.1) is 6.10 Å². The molecule has 116 valence electrons.